The fourth-order valence-corrected chi connectivity index (χ4v) is 5.14. The first-order chi connectivity index (χ1) is 10.9. The van der Waals surface area contributed by atoms with Crippen molar-refractivity contribution in [3.63, 3.8) is 0 Å². The van der Waals surface area contributed by atoms with E-state index >= 15 is 0 Å². The monoisotopic (exact) mass is 351 g/mol. The lowest BCUT2D eigenvalue weighted by Gasteiger charge is -2.23. The minimum Gasteiger partial charge on any atom is -0.495 e. The van der Waals surface area contributed by atoms with Gasteiger partial charge in [-0.2, -0.15) is 15.6 Å². The Morgan fingerprint density at radius 1 is 1.26 bits per heavy atom. The largest absolute Gasteiger partial charge is 0.495 e. The predicted octanol–water partition coefficient (Wildman–Crippen LogP) is 3.73. The van der Waals surface area contributed by atoms with Gasteiger partial charge < -0.3 is 4.74 Å². The summed E-state index contributed by atoms with van der Waals surface area (Å²) >= 11 is 1.59. The van der Waals surface area contributed by atoms with E-state index in [0.29, 0.717) is 12.3 Å². The predicted molar refractivity (Wildman–Crippen MR) is 92.5 cm³/mol. The quantitative estimate of drug-likeness (QED) is 0.797. The van der Waals surface area contributed by atoms with E-state index in [2.05, 4.69) is 0 Å². The van der Waals surface area contributed by atoms with E-state index in [0.717, 1.165) is 29.5 Å². The molecule has 0 saturated heterocycles. The van der Waals surface area contributed by atoms with Crippen LogP contribution in [0.25, 0.3) is 0 Å². The SMILES string of the molecule is COc1cc(C)c(C)cc1S(=O)(=O)N(Cc1ccsc1)C1CC1. The fourth-order valence-electron chi connectivity index (χ4n) is 2.59. The minimum absolute atomic E-state index is 0.103. The smallest absolute Gasteiger partial charge is 0.247 e. The first-order valence-corrected chi connectivity index (χ1v) is 10.00. The molecule has 0 amide bonds. The number of ether oxygens (including phenoxy) is 1. The van der Waals surface area contributed by atoms with Crippen LogP contribution in [0.1, 0.15) is 29.5 Å². The van der Waals surface area contributed by atoms with E-state index in [1.807, 2.05) is 30.7 Å². The molecule has 0 atom stereocenters. The topological polar surface area (TPSA) is 46.6 Å². The van der Waals surface area contributed by atoms with Crippen molar-refractivity contribution in [2.75, 3.05) is 7.11 Å². The van der Waals surface area contributed by atoms with Crippen molar-refractivity contribution >= 4 is 21.4 Å². The zero-order valence-corrected chi connectivity index (χ0v) is 15.2. The highest BCUT2D eigenvalue weighted by molar-refractivity contribution is 7.89. The molecule has 1 heterocycles. The maximum absolute atomic E-state index is 13.2. The molecule has 1 saturated carbocycles. The van der Waals surface area contributed by atoms with Gasteiger partial charge in [0.25, 0.3) is 0 Å². The Hall–Kier alpha value is -1.37. The number of methoxy groups -OCH3 is 1. The lowest BCUT2D eigenvalue weighted by atomic mass is 10.1. The van der Waals surface area contributed by atoms with Crippen LogP contribution in [0.2, 0.25) is 0 Å². The molecule has 0 spiro atoms. The van der Waals surface area contributed by atoms with Crippen LogP contribution in [0, 0.1) is 13.8 Å². The van der Waals surface area contributed by atoms with Crippen molar-refractivity contribution < 1.29 is 13.2 Å². The van der Waals surface area contributed by atoms with E-state index in [-0.39, 0.29) is 10.9 Å². The van der Waals surface area contributed by atoms with Crippen LogP contribution in [-0.2, 0) is 16.6 Å². The number of benzene rings is 1. The fraction of sp³-hybridized carbons (Fsp3) is 0.412. The van der Waals surface area contributed by atoms with Gasteiger partial charge in [0, 0.05) is 12.6 Å². The summed E-state index contributed by atoms with van der Waals surface area (Å²) in [7, 11) is -2.07. The van der Waals surface area contributed by atoms with Gasteiger partial charge in [-0.1, -0.05) is 0 Å². The number of hydrogen-bond acceptors (Lipinski definition) is 4. The third-order valence-corrected chi connectivity index (χ3v) is 6.89. The van der Waals surface area contributed by atoms with Gasteiger partial charge in [-0.15, -0.1) is 0 Å². The third kappa shape index (κ3) is 3.29. The summed E-state index contributed by atoms with van der Waals surface area (Å²) in [6.45, 7) is 4.30. The molecule has 2 aromatic rings. The van der Waals surface area contributed by atoms with Gasteiger partial charge in [-0.05, 0) is 72.3 Å². The lowest BCUT2D eigenvalue weighted by Crippen LogP contribution is -2.32. The third-order valence-electron chi connectivity index (χ3n) is 4.24. The van der Waals surface area contributed by atoms with Crippen molar-refractivity contribution in [2.45, 2.75) is 44.2 Å². The van der Waals surface area contributed by atoms with Crippen LogP contribution in [0.5, 0.6) is 5.75 Å². The molecule has 1 aliphatic carbocycles. The zero-order chi connectivity index (χ0) is 16.6. The van der Waals surface area contributed by atoms with Crippen molar-refractivity contribution in [2.24, 2.45) is 0 Å². The Bertz CT molecular complexity index is 793. The molecule has 0 N–H and O–H groups in total. The summed E-state index contributed by atoms with van der Waals surface area (Å²) in [5.74, 6) is 0.420. The van der Waals surface area contributed by atoms with Gasteiger partial charge in [-0.3, -0.25) is 0 Å². The second-order valence-corrected chi connectivity index (χ2v) is 8.64. The molecule has 1 aliphatic rings. The summed E-state index contributed by atoms with van der Waals surface area (Å²) in [5, 5.41) is 3.98. The highest BCUT2D eigenvalue weighted by atomic mass is 32.2. The van der Waals surface area contributed by atoms with Crippen molar-refractivity contribution in [3.05, 3.63) is 45.6 Å². The molecular weight excluding hydrogens is 330 g/mol. The van der Waals surface area contributed by atoms with Crippen molar-refractivity contribution in [1.29, 1.82) is 0 Å². The summed E-state index contributed by atoms with van der Waals surface area (Å²) in [6, 6.07) is 5.61. The van der Waals surface area contributed by atoms with Gasteiger partial charge in [0.05, 0.1) is 7.11 Å². The summed E-state index contributed by atoms with van der Waals surface area (Å²) in [4.78, 5) is 0.269. The van der Waals surface area contributed by atoms with E-state index in [4.69, 9.17) is 4.74 Å². The maximum atomic E-state index is 13.2. The van der Waals surface area contributed by atoms with Crippen molar-refractivity contribution in [1.82, 2.24) is 4.31 Å². The van der Waals surface area contributed by atoms with Gasteiger partial charge in [0.2, 0.25) is 10.0 Å². The Balaban J connectivity index is 2.03. The minimum atomic E-state index is -3.58. The highest BCUT2D eigenvalue weighted by Gasteiger charge is 2.39. The lowest BCUT2D eigenvalue weighted by molar-refractivity contribution is 0.381. The Morgan fingerprint density at radius 2 is 1.96 bits per heavy atom. The maximum Gasteiger partial charge on any atom is 0.247 e. The number of hydrogen-bond donors (Lipinski definition) is 0. The summed E-state index contributed by atoms with van der Waals surface area (Å²) in [6.07, 6.45) is 1.85. The first-order valence-electron chi connectivity index (χ1n) is 7.61. The van der Waals surface area contributed by atoms with Crippen LogP contribution >= 0.6 is 11.3 Å². The van der Waals surface area contributed by atoms with Crippen LogP contribution in [-0.4, -0.2) is 25.9 Å². The molecule has 1 aromatic heterocycles. The van der Waals surface area contributed by atoms with Crippen molar-refractivity contribution in [3.8, 4) is 5.75 Å². The molecule has 1 aromatic carbocycles. The molecule has 0 unspecified atom stereocenters. The number of rotatable bonds is 6. The van der Waals surface area contributed by atoms with Gasteiger partial charge in [0.15, 0.2) is 0 Å². The molecule has 0 bridgehead atoms. The Labute approximate surface area is 141 Å². The molecule has 0 radical (unpaired) electrons. The molecule has 0 aliphatic heterocycles. The molecular formula is C17H21NO3S2. The number of sulfonamides is 1. The second-order valence-electron chi connectivity index (χ2n) is 6.00. The molecule has 1 fully saturated rings. The van der Waals surface area contributed by atoms with Crippen LogP contribution in [0.15, 0.2) is 33.9 Å². The summed E-state index contributed by atoms with van der Waals surface area (Å²) in [5.41, 5.74) is 3.01. The molecule has 4 nitrogen and oxygen atoms in total. The second kappa shape index (κ2) is 6.26. The normalized spacial score (nSPS) is 15.1. The van der Waals surface area contributed by atoms with Gasteiger partial charge >= 0.3 is 0 Å². The van der Waals surface area contributed by atoms with Gasteiger partial charge in [-0.25, -0.2) is 8.42 Å². The van der Waals surface area contributed by atoms with Crippen LogP contribution < -0.4 is 4.74 Å². The van der Waals surface area contributed by atoms with Gasteiger partial charge in [0.1, 0.15) is 10.6 Å². The van der Waals surface area contributed by atoms with Crippen LogP contribution in [0.3, 0.4) is 0 Å². The first kappa shape index (κ1) is 16.5. The van der Waals surface area contributed by atoms with E-state index in [9.17, 15) is 8.42 Å². The number of thiophene rings is 1. The molecule has 23 heavy (non-hydrogen) atoms. The standard InChI is InChI=1S/C17H21NO3S2/c1-12-8-16(21-3)17(9-13(12)2)23(19,20)18(15-4-5-15)10-14-6-7-22-11-14/h6-9,11,15H,4-5,10H2,1-3H3. The highest BCUT2D eigenvalue weighted by Crippen LogP contribution is 2.37. The summed E-state index contributed by atoms with van der Waals surface area (Å²) < 4.78 is 33.4. The molecule has 3 rings (SSSR count). The molecule has 124 valence electrons. The average molecular weight is 351 g/mol. The Morgan fingerprint density at radius 3 is 2.52 bits per heavy atom. The van der Waals surface area contributed by atoms with E-state index in [1.54, 1.807) is 27.8 Å². The zero-order valence-electron chi connectivity index (χ0n) is 13.6. The Kier molecular flexibility index (Phi) is 4.49. The number of nitrogens with zero attached hydrogens (tertiary/aromatic N) is 1. The molecule has 6 heteroatoms. The van der Waals surface area contributed by atoms with E-state index < -0.39 is 10.0 Å². The van der Waals surface area contributed by atoms with Crippen LogP contribution in [0.4, 0.5) is 0 Å². The number of aryl methyl sites for hydroxylation is 2. The average Bonchev–Trinajstić information content (AvgIpc) is 3.22. The van der Waals surface area contributed by atoms with E-state index in [1.165, 1.54) is 7.11 Å².